The number of halogens is 1. The maximum Gasteiger partial charge on any atom is 0.329 e. The molecule has 2 aromatic rings. The lowest BCUT2D eigenvalue weighted by Crippen LogP contribution is -2.43. The number of rotatable bonds is 6. The fourth-order valence-electron chi connectivity index (χ4n) is 2.68. The van der Waals surface area contributed by atoms with Crippen molar-refractivity contribution in [1.82, 2.24) is 4.90 Å². The molecule has 0 unspecified atom stereocenters. The second-order valence-electron chi connectivity index (χ2n) is 5.59. The fraction of sp³-hybridized carbons (Fsp3) is 0.333. The number of carbonyl (C=O) groups is 2. The lowest BCUT2D eigenvalue weighted by Gasteiger charge is -2.25. The zero-order chi connectivity index (χ0) is 18.5. The number of hydrogen-bond acceptors (Lipinski definition) is 6. The number of para-hydroxylation sites is 1. The zero-order valence-electron chi connectivity index (χ0n) is 14.1. The molecular weight excluding hydrogens is 361 g/mol. The van der Waals surface area contributed by atoms with Gasteiger partial charge < -0.3 is 18.8 Å². The van der Waals surface area contributed by atoms with Gasteiger partial charge in [-0.3, -0.25) is 4.79 Å². The average molecular weight is 379 g/mol. The first kappa shape index (κ1) is 18.3. The minimum atomic E-state index is -0.693. The van der Waals surface area contributed by atoms with Crippen molar-refractivity contribution in [2.45, 2.75) is 18.3 Å². The summed E-state index contributed by atoms with van der Waals surface area (Å²) >= 11 is 1.44. The summed E-state index contributed by atoms with van der Waals surface area (Å²) in [5.74, 6) is -0.0979. The predicted molar refractivity (Wildman–Crippen MR) is 93.1 cm³/mol. The number of esters is 1. The summed E-state index contributed by atoms with van der Waals surface area (Å²) in [7, 11) is 0. The third-order valence-electron chi connectivity index (χ3n) is 3.84. The molecule has 3 rings (SSSR count). The maximum atomic E-state index is 13.5. The first-order chi connectivity index (χ1) is 12.6. The van der Waals surface area contributed by atoms with Gasteiger partial charge in [-0.15, -0.1) is 11.8 Å². The van der Waals surface area contributed by atoms with Gasteiger partial charge in [0.25, 0.3) is 0 Å². The summed E-state index contributed by atoms with van der Waals surface area (Å²) in [4.78, 5) is 25.8. The number of hydrogen-bond donors (Lipinski definition) is 0. The molecule has 1 aliphatic heterocycles. The van der Waals surface area contributed by atoms with Crippen molar-refractivity contribution in [3.8, 4) is 5.75 Å². The summed E-state index contributed by atoms with van der Waals surface area (Å²) < 4.78 is 29.3. The molecule has 0 bridgehead atoms. The van der Waals surface area contributed by atoms with E-state index in [4.69, 9.17) is 13.9 Å². The molecule has 1 aromatic carbocycles. The first-order valence-corrected chi connectivity index (χ1v) is 9.10. The Hall–Kier alpha value is -2.48. The second kappa shape index (κ2) is 8.27. The van der Waals surface area contributed by atoms with E-state index in [0.29, 0.717) is 11.5 Å². The van der Waals surface area contributed by atoms with E-state index in [1.165, 1.54) is 42.0 Å². The number of nitrogens with zero attached hydrogens (tertiary/aromatic N) is 1. The molecule has 0 N–H and O–H groups in total. The quantitative estimate of drug-likeness (QED) is 0.568. The van der Waals surface area contributed by atoms with Crippen LogP contribution in [0, 0.1) is 5.82 Å². The van der Waals surface area contributed by atoms with Crippen molar-refractivity contribution in [3.05, 3.63) is 54.2 Å². The van der Waals surface area contributed by atoms with Crippen LogP contribution in [-0.4, -0.2) is 41.8 Å². The normalized spacial score (nSPS) is 19.4. The summed E-state index contributed by atoms with van der Waals surface area (Å²) in [5.41, 5.74) is 0. The third-order valence-corrected chi connectivity index (χ3v) is 5.13. The lowest BCUT2D eigenvalue weighted by molar-refractivity contribution is -0.154. The Balaban J connectivity index is 1.54. The Kier molecular flexibility index (Phi) is 5.82. The molecule has 2 heterocycles. The van der Waals surface area contributed by atoms with Gasteiger partial charge in [0, 0.05) is 12.7 Å². The second-order valence-corrected chi connectivity index (χ2v) is 6.70. The molecule has 1 saturated heterocycles. The van der Waals surface area contributed by atoms with Gasteiger partial charge in [0.05, 0.1) is 6.26 Å². The van der Waals surface area contributed by atoms with Gasteiger partial charge in [-0.1, -0.05) is 12.1 Å². The highest BCUT2D eigenvalue weighted by Gasteiger charge is 2.43. The molecule has 0 spiro atoms. The van der Waals surface area contributed by atoms with E-state index < -0.39 is 17.8 Å². The van der Waals surface area contributed by atoms with E-state index in [0.717, 1.165) is 0 Å². The van der Waals surface area contributed by atoms with E-state index in [2.05, 4.69) is 0 Å². The van der Waals surface area contributed by atoms with E-state index in [1.807, 2.05) is 0 Å². The van der Waals surface area contributed by atoms with Crippen molar-refractivity contribution < 1.29 is 27.9 Å². The highest BCUT2D eigenvalue weighted by Crippen LogP contribution is 2.41. The van der Waals surface area contributed by atoms with Gasteiger partial charge >= 0.3 is 5.97 Å². The summed E-state index contributed by atoms with van der Waals surface area (Å²) in [6.45, 7) is 1.39. The lowest BCUT2D eigenvalue weighted by atomic mass is 10.2. The molecule has 1 aromatic heterocycles. The van der Waals surface area contributed by atoms with Crippen LogP contribution in [0.15, 0.2) is 47.1 Å². The Morgan fingerprint density at radius 2 is 2.08 bits per heavy atom. The average Bonchev–Trinajstić information content (AvgIpc) is 3.28. The Labute approximate surface area is 154 Å². The van der Waals surface area contributed by atoms with Crippen LogP contribution in [0.4, 0.5) is 4.39 Å². The monoisotopic (exact) mass is 379 g/mol. The number of ether oxygens (including phenoxy) is 2. The summed E-state index contributed by atoms with van der Waals surface area (Å²) in [6.07, 6.45) is 1.53. The molecule has 0 radical (unpaired) electrons. The Morgan fingerprint density at radius 1 is 1.27 bits per heavy atom. The Bertz CT molecular complexity index is 767. The minimum absolute atomic E-state index is 0.0220. The van der Waals surface area contributed by atoms with Crippen LogP contribution in [0.3, 0.4) is 0 Å². The maximum absolute atomic E-state index is 13.5. The van der Waals surface area contributed by atoms with Gasteiger partial charge in [0.15, 0.2) is 11.6 Å². The molecule has 0 saturated carbocycles. The van der Waals surface area contributed by atoms with E-state index in [9.17, 15) is 14.0 Å². The summed E-state index contributed by atoms with van der Waals surface area (Å²) in [5, 5.41) is -0.352. The molecule has 8 heteroatoms. The van der Waals surface area contributed by atoms with Crippen molar-refractivity contribution in [2.75, 3.05) is 19.0 Å². The molecule has 0 aliphatic carbocycles. The van der Waals surface area contributed by atoms with Crippen molar-refractivity contribution >= 4 is 23.6 Å². The smallest absolute Gasteiger partial charge is 0.329 e. The number of furan rings is 1. The van der Waals surface area contributed by atoms with Crippen LogP contribution in [0.25, 0.3) is 0 Å². The number of carbonyl (C=O) groups excluding carboxylic acids is 2. The molecule has 6 nitrogen and oxygen atoms in total. The van der Waals surface area contributed by atoms with Crippen LogP contribution in [0.2, 0.25) is 0 Å². The third kappa shape index (κ3) is 4.01. The fourth-order valence-corrected chi connectivity index (χ4v) is 4.09. The predicted octanol–water partition coefficient (Wildman–Crippen LogP) is 3.00. The first-order valence-electron chi connectivity index (χ1n) is 8.06. The number of thioether (sulfide) groups is 1. The van der Waals surface area contributed by atoms with E-state index in [1.54, 1.807) is 24.3 Å². The number of amides is 1. The van der Waals surface area contributed by atoms with Gasteiger partial charge in [0.1, 0.15) is 30.4 Å². The molecule has 26 heavy (non-hydrogen) atoms. The van der Waals surface area contributed by atoms with Crippen LogP contribution in [0.1, 0.15) is 18.1 Å². The highest BCUT2D eigenvalue weighted by atomic mass is 32.2. The van der Waals surface area contributed by atoms with E-state index >= 15 is 0 Å². The Morgan fingerprint density at radius 3 is 2.77 bits per heavy atom. The van der Waals surface area contributed by atoms with Crippen molar-refractivity contribution in [1.29, 1.82) is 0 Å². The van der Waals surface area contributed by atoms with Crippen LogP contribution in [-0.2, 0) is 14.3 Å². The largest absolute Gasteiger partial charge is 0.487 e. The molecular formula is C18H18FNO5S. The van der Waals surface area contributed by atoms with Gasteiger partial charge in [-0.2, -0.15) is 0 Å². The van der Waals surface area contributed by atoms with Crippen molar-refractivity contribution in [2.24, 2.45) is 0 Å². The SMILES string of the molecule is CC(=O)N1[C@H](C(=O)OCCOc2ccccc2F)CS[C@H]1c1ccco1. The minimum Gasteiger partial charge on any atom is -0.487 e. The topological polar surface area (TPSA) is 69.0 Å². The van der Waals surface area contributed by atoms with Crippen LogP contribution < -0.4 is 4.74 Å². The highest BCUT2D eigenvalue weighted by molar-refractivity contribution is 7.99. The summed E-state index contributed by atoms with van der Waals surface area (Å²) in [6, 6.07) is 8.81. The van der Waals surface area contributed by atoms with Crippen LogP contribution in [0.5, 0.6) is 5.75 Å². The molecule has 2 atom stereocenters. The van der Waals surface area contributed by atoms with Gasteiger partial charge in [-0.05, 0) is 24.3 Å². The number of benzene rings is 1. The van der Waals surface area contributed by atoms with Crippen molar-refractivity contribution in [3.63, 3.8) is 0 Å². The molecule has 1 aliphatic rings. The zero-order valence-corrected chi connectivity index (χ0v) is 14.9. The van der Waals surface area contributed by atoms with E-state index in [-0.39, 0.29) is 30.2 Å². The molecule has 1 amide bonds. The van der Waals surface area contributed by atoms with Gasteiger partial charge in [-0.25, -0.2) is 9.18 Å². The molecule has 1 fully saturated rings. The van der Waals surface area contributed by atoms with Gasteiger partial charge in [0.2, 0.25) is 5.91 Å². The standard InChI is InChI=1S/C18H18FNO5S/c1-12(21)20-14(11-26-17(20)16-7-4-8-23-16)18(22)25-10-9-24-15-6-3-2-5-13(15)19/h2-8,14,17H,9-11H2,1H3/t14-,17-/m0/s1. The van der Waals surface area contributed by atoms with Crippen LogP contribution >= 0.6 is 11.8 Å². The molecule has 138 valence electrons.